The fourth-order valence-electron chi connectivity index (χ4n) is 11.6. The van der Waals surface area contributed by atoms with E-state index in [1.807, 2.05) is 24.3 Å². The molecule has 0 bridgehead atoms. The maximum atomic E-state index is 14.7. The van der Waals surface area contributed by atoms with Gasteiger partial charge in [0, 0.05) is 88.7 Å². The van der Waals surface area contributed by atoms with E-state index in [4.69, 9.17) is 19.4 Å². The van der Waals surface area contributed by atoms with Gasteiger partial charge in [-0.2, -0.15) is 0 Å². The van der Waals surface area contributed by atoms with Gasteiger partial charge in [-0.1, -0.05) is 32.3 Å². The molecule has 518 valence electrons. The molecule has 4 aliphatic rings. The molecule has 8 amide bonds. The Morgan fingerprint density at radius 3 is 1.93 bits per heavy atom. The number of aliphatic hydroxyl groups is 8. The van der Waals surface area contributed by atoms with Crippen LogP contribution in [0.15, 0.2) is 66.7 Å². The number of carbonyl (C=O) groups excluding carboxylic acids is 8. The van der Waals surface area contributed by atoms with Crippen molar-refractivity contribution in [3.05, 3.63) is 77.9 Å². The molecule has 3 aromatic carbocycles. The number of hydrogen-bond acceptors (Lipinski definition) is 26. The number of nitrogens with zero attached hydrogens (tertiary/aromatic N) is 4. The molecule has 0 spiro atoms. The van der Waals surface area contributed by atoms with Gasteiger partial charge in [-0.05, 0) is 86.0 Å². The standard InChI is InChI=1S/C60H84N10O23S.Na/c1-31-29-70-49(50(31)77)58(85)66-56(83)43(75)27-39(62-53(80)33-9-12-35(13-10-33)67-19-21-68(22-20-67)36-14-16-38(17-15-36)90-24-8-6-4-5-7-23-89-3)54(81)63-46(32(2)71)59(86)69-30-37(72)26-40(69)55(82)65-48(57(84)64-47(60(70)87)42(74)28-45(61)76)52(79)51(78)34-11-18-41(73)44(25-34)91-94-93-92-88;/h9-18,25,31-32,37,39-40,42-43,46-52,56,71-75,77-79,83,88H,4-8,19-24,26-30H2,1-3H3,(H2,61,76)(H,62,80)(H,63,81)(H,64,84)(H,65,82)(H,66,85);/q;+1/p-1/t31?,32?,37?,39-,40?,42?,43?,46?,47?,48?,49?,50?,51?,52?,56?;/m0./s1. The van der Waals surface area contributed by atoms with Crippen molar-refractivity contribution in [2.75, 3.05) is 69.4 Å². The number of ether oxygens (including phenoxy) is 2. The van der Waals surface area contributed by atoms with Crippen molar-refractivity contribution < 1.29 is 142 Å². The summed E-state index contributed by atoms with van der Waals surface area (Å²) >= 11 is -0.0943. The Balaban J connectivity index is 0.0000143. The van der Waals surface area contributed by atoms with Crippen LogP contribution in [0.4, 0.5) is 11.4 Å². The molecule has 0 aliphatic carbocycles. The van der Waals surface area contributed by atoms with E-state index < -0.39 is 182 Å². The van der Waals surface area contributed by atoms with Crippen LogP contribution in [-0.2, 0) is 47.7 Å². The van der Waals surface area contributed by atoms with Crippen LogP contribution in [-0.4, -0.2) is 242 Å². The Morgan fingerprint density at radius 2 is 1.32 bits per heavy atom. The summed E-state index contributed by atoms with van der Waals surface area (Å²) in [4.78, 5) is 120. The van der Waals surface area contributed by atoms with Gasteiger partial charge in [-0.3, -0.25) is 43.4 Å². The largest absolute Gasteiger partial charge is 1.00 e. The zero-order valence-electron chi connectivity index (χ0n) is 52.8. The molecule has 16 N–H and O–H groups in total. The summed E-state index contributed by atoms with van der Waals surface area (Å²) in [5.41, 5.74) is 6.76. The minimum absolute atomic E-state index is 0. The monoisotopic (exact) mass is 1370 g/mol. The van der Waals surface area contributed by atoms with Crippen LogP contribution in [0.2, 0.25) is 0 Å². The second-order valence-electron chi connectivity index (χ2n) is 23.6. The summed E-state index contributed by atoms with van der Waals surface area (Å²) in [6.45, 7) is 5.16. The summed E-state index contributed by atoms with van der Waals surface area (Å²) in [6, 6.07) is 4.26. The Labute approximate surface area is 573 Å². The van der Waals surface area contributed by atoms with E-state index in [1.165, 1.54) is 19.1 Å². The third-order valence-corrected chi connectivity index (χ3v) is 17.1. The second kappa shape index (κ2) is 36.6. The molecule has 3 aromatic rings. The van der Waals surface area contributed by atoms with Crippen LogP contribution in [0.1, 0.15) is 87.2 Å². The van der Waals surface area contributed by atoms with Gasteiger partial charge in [0.2, 0.25) is 41.4 Å². The minimum atomic E-state index is -2.56. The Bertz CT molecular complexity index is 3070. The van der Waals surface area contributed by atoms with Crippen LogP contribution in [0, 0.1) is 5.92 Å². The SMILES string of the molecule is COCCCCCCCOc1ccc(N2CCN(c3ccc(C(=O)N[C@H]4CC(O)C(O)NC(=O)C5C(O)C(C)CN5C(=O)C(C(O)CC(N)=O)NC(=O)C(C(O)C(O)c5ccc(O)c(OSOO[O-])c5)NC(=O)C5CC(O)CN5C(=O)C(C(C)O)NC4=O)cc3)CC2)cc1.[Na+]. The molecular formula is C60H83N10NaO23S. The first-order valence-electron chi connectivity index (χ1n) is 30.6. The number of aliphatic hydroxyl groups excluding tert-OH is 8. The molecule has 4 fully saturated rings. The molecule has 0 saturated carbocycles. The molecule has 35 heteroatoms. The van der Waals surface area contributed by atoms with Crippen molar-refractivity contribution >= 4 is 71.0 Å². The second-order valence-corrected chi connectivity index (χ2v) is 24.0. The number of benzene rings is 3. The van der Waals surface area contributed by atoms with Gasteiger partial charge in [-0.25, -0.2) is 0 Å². The number of amides is 8. The fourth-order valence-corrected chi connectivity index (χ4v) is 11.8. The zero-order chi connectivity index (χ0) is 68.5. The van der Waals surface area contributed by atoms with E-state index in [0.29, 0.717) is 42.6 Å². The number of phenols is 1. The van der Waals surface area contributed by atoms with Crippen molar-refractivity contribution in [2.24, 2.45) is 11.7 Å². The van der Waals surface area contributed by atoms with Crippen LogP contribution in [0.25, 0.3) is 0 Å². The maximum Gasteiger partial charge on any atom is 1.00 e. The van der Waals surface area contributed by atoms with Gasteiger partial charge in [0.15, 0.2) is 17.7 Å². The number of primary amides is 1. The average molecular weight is 1370 g/mol. The van der Waals surface area contributed by atoms with Crippen LogP contribution in [0.3, 0.4) is 0 Å². The molecule has 4 aliphatic heterocycles. The van der Waals surface area contributed by atoms with Gasteiger partial charge >= 0.3 is 29.6 Å². The van der Waals surface area contributed by atoms with Gasteiger partial charge in [-0.15, -0.1) is 4.33 Å². The van der Waals surface area contributed by atoms with Crippen LogP contribution in [0.5, 0.6) is 17.2 Å². The molecule has 4 heterocycles. The Morgan fingerprint density at radius 1 is 0.726 bits per heavy atom. The molecule has 7 rings (SSSR count). The number of aromatic hydroxyl groups is 1. The van der Waals surface area contributed by atoms with E-state index in [1.54, 1.807) is 19.2 Å². The first-order chi connectivity index (χ1) is 44.8. The number of piperazine rings is 1. The smallest absolute Gasteiger partial charge is 0.691 e. The predicted octanol–water partition coefficient (Wildman–Crippen LogP) is -7.50. The van der Waals surface area contributed by atoms with Gasteiger partial charge in [0.05, 0.1) is 37.4 Å². The fraction of sp³-hybridized carbons (Fsp3) is 0.567. The molecule has 0 aromatic heterocycles. The number of hydrogen-bond donors (Lipinski definition) is 15. The van der Waals surface area contributed by atoms with Crippen molar-refractivity contribution in [3.63, 3.8) is 0 Å². The first kappa shape index (κ1) is 77.3. The van der Waals surface area contributed by atoms with Gasteiger partial charge in [0.25, 0.3) is 18.2 Å². The number of methoxy groups -OCH3 is 1. The van der Waals surface area contributed by atoms with Crippen molar-refractivity contribution in [1.82, 2.24) is 36.4 Å². The number of carbonyl (C=O) groups is 8. The molecule has 15 atom stereocenters. The Hall–Kier alpha value is -6.71. The van der Waals surface area contributed by atoms with Crippen LogP contribution >= 0.6 is 12.3 Å². The van der Waals surface area contributed by atoms with E-state index in [9.17, 15) is 89.6 Å². The number of unbranched alkanes of at least 4 members (excludes halogenated alkanes) is 4. The van der Waals surface area contributed by atoms with E-state index >= 15 is 0 Å². The first-order valence-corrected chi connectivity index (χ1v) is 31.3. The van der Waals surface area contributed by atoms with Crippen molar-refractivity contribution in [1.29, 1.82) is 0 Å². The summed E-state index contributed by atoms with van der Waals surface area (Å²) < 4.78 is 20.1. The number of fused-ring (bicyclic) bond motifs is 2. The minimum Gasteiger partial charge on any atom is -0.691 e. The van der Waals surface area contributed by atoms with E-state index in [0.717, 1.165) is 81.0 Å². The van der Waals surface area contributed by atoms with E-state index in [-0.39, 0.29) is 53.0 Å². The molecule has 95 heavy (non-hydrogen) atoms. The molecule has 0 radical (unpaired) electrons. The zero-order valence-corrected chi connectivity index (χ0v) is 55.7. The molecule has 4 saturated heterocycles. The third-order valence-electron chi connectivity index (χ3n) is 16.8. The number of phenolic OH excluding ortho intramolecular Hbond substituents is 1. The van der Waals surface area contributed by atoms with Crippen LogP contribution < -0.4 is 85.9 Å². The summed E-state index contributed by atoms with van der Waals surface area (Å²) in [7, 11) is 1.70. The molecule has 14 unspecified atom stereocenters. The number of rotatable bonds is 24. The van der Waals surface area contributed by atoms with Crippen molar-refractivity contribution in [3.8, 4) is 17.2 Å². The molecule has 33 nitrogen and oxygen atoms in total. The van der Waals surface area contributed by atoms with E-state index in [2.05, 4.69) is 45.8 Å². The quantitative estimate of drug-likeness (QED) is 0.0130. The molecular weight excluding hydrogens is 1280 g/mol. The number of nitrogens with one attached hydrogen (secondary N) is 5. The van der Waals surface area contributed by atoms with Gasteiger partial charge < -0.3 is 117 Å². The van der Waals surface area contributed by atoms with Gasteiger partial charge in [0.1, 0.15) is 60.3 Å². The maximum absolute atomic E-state index is 14.7. The number of nitrogens with two attached hydrogens (primary N) is 1. The normalized spacial score (nSPS) is 26.3. The van der Waals surface area contributed by atoms with Crippen molar-refractivity contribution in [2.45, 2.75) is 150 Å². The third kappa shape index (κ3) is 20.7. The average Bonchev–Trinajstić information content (AvgIpc) is 1.71. The Kier molecular flexibility index (Phi) is 29.8. The predicted molar refractivity (Wildman–Crippen MR) is 327 cm³/mol. The number of anilines is 2. The topological polar surface area (TPSA) is 487 Å². The summed E-state index contributed by atoms with van der Waals surface area (Å²) in [5, 5.41) is 127. The summed E-state index contributed by atoms with van der Waals surface area (Å²) in [5.74, 6) is -11.9. The summed E-state index contributed by atoms with van der Waals surface area (Å²) in [6.07, 6.45) is -14.3.